The quantitative estimate of drug-likeness (QED) is 0.137. The number of hydrogen-bond donors (Lipinski definition) is 1. The monoisotopic (exact) mass is 481 g/mol. The number of esters is 1. The van der Waals surface area contributed by atoms with Crippen LogP contribution in [-0.2, 0) is 4.74 Å². The number of nitrogens with two attached hydrogens (primary N) is 1. The Morgan fingerprint density at radius 2 is 1.82 bits per heavy atom. The number of nitrogen functional groups attached to an aromatic ring is 1. The highest BCUT2D eigenvalue weighted by atomic mass is 35.5. The normalized spacial score (nSPS) is 11.2. The van der Waals surface area contributed by atoms with E-state index in [1.54, 1.807) is 18.2 Å². The van der Waals surface area contributed by atoms with Gasteiger partial charge in [-0.15, -0.1) is 0 Å². The smallest absolute Gasteiger partial charge is 0.344 e. The van der Waals surface area contributed by atoms with Gasteiger partial charge in [0.15, 0.2) is 5.65 Å². The van der Waals surface area contributed by atoms with Crippen molar-refractivity contribution in [2.45, 2.75) is 39.0 Å². The van der Waals surface area contributed by atoms with E-state index >= 15 is 0 Å². The highest BCUT2D eigenvalue weighted by Gasteiger charge is 2.27. The molecule has 0 atom stereocenters. The van der Waals surface area contributed by atoms with E-state index < -0.39 is 10.9 Å². The number of carbonyl (C=O) groups excluding carboxylic acids is 1. The van der Waals surface area contributed by atoms with Crippen LogP contribution in [0, 0.1) is 10.1 Å². The number of para-hydroxylation sites is 2. The predicted octanol–water partition coefficient (Wildman–Crippen LogP) is 5.84. The summed E-state index contributed by atoms with van der Waals surface area (Å²) in [4.78, 5) is 33.2. The summed E-state index contributed by atoms with van der Waals surface area (Å²) in [5, 5.41) is 11.4. The number of nitro groups is 1. The van der Waals surface area contributed by atoms with Gasteiger partial charge >= 0.3 is 5.97 Å². The van der Waals surface area contributed by atoms with E-state index in [0.717, 1.165) is 32.1 Å². The number of carbonyl (C=O) groups is 1. The van der Waals surface area contributed by atoms with Crippen molar-refractivity contribution in [1.29, 1.82) is 0 Å². The van der Waals surface area contributed by atoms with E-state index in [1.165, 1.54) is 16.7 Å². The molecule has 0 aliphatic rings. The maximum absolute atomic E-state index is 13.1. The van der Waals surface area contributed by atoms with Gasteiger partial charge in [-0.1, -0.05) is 56.3 Å². The Labute approximate surface area is 200 Å². The first-order valence-corrected chi connectivity index (χ1v) is 11.5. The summed E-state index contributed by atoms with van der Waals surface area (Å²) in [5.74, 6) is -0.567. The summed E-state index contributed by atoms with van der Waals surface area (Å²) in [6.45, 7) is 2.40. The molecule has 34 heavy (non-hydrogen) atoms. The number of nitro benzene ring substituents is 1. The summed E-state index contributed by atoms with van der Waals surface area (Å²) < 4.78 is 6.98. The minimum atomic E-state index is -0.607. The Morgan fingerprint density at radius 3 is 2.53 bits per heavy atom. The topological polar surface area (TPSA) is 126 Å². The van der Waals surface area contributed by atoms with E-state index in [-0.39, 0.29) is 34.2 Å². The molecular weight excluding hydrogens is 458 g/mol. The highest BCUT2D eigenvalue weighted by Crippen LogP contribution is 2.34. The molecule has 0 saturated carbocycles. The van der Waals surface area contributed by atoms with Crippen molar-refractivity contribution in [3.63, 3.8) is 0 Å². The van der Waals surface area contributed by atoms with Crippen LogP contribution < -0.4 is 5.73 Å². The van der Waals surface area contributed by atoms with E-state index in [9.17, 15) is 14.9 Å². The van der Waals surface area contributed by atoms with E-state index in [1.807, 2.05) is 12.1 Å². The third kappa shape index (κ3) is 4.51. The second-order valence-electron chi connectivity index (χ2n) is 7.92. The molecule has 10 heteroatoms. The summed E-state index contributed by atoms with van der Waals surface area (Å²) in [5.41, 5.74) is 8.30. The number of rotatable bonds is 9. The predicted molar refractivity (Wildman–Crippen MR) is 131 cm³/mol. The standard InChI is InChI=1S/C24H24ClN5O4/c1-2-3-4-5-8-13-34-24(31)20-21-23(28-18-10-7-6-9-17(18)27-21)29(22(20)26)15-11-12-16(25)19(14-15)30(32)33/h6-7,9-12,14H,2-5,8,13,26H2,1H3. The molecule has 9 nitrogen and oxygen atoms in total. The third-order valence-electron chi connectivity index (χ3n) is 5.57. The minimum Gasteiger partial charge on any atom is -0.462 e. The molecule has 0 saturated heterocycles. The molecule has 0 unspecified atom stereocenters. The second kappa shape index (κ2) is 10.0. The number of anilines is 1. The first-order valence-electron chi connectivity index (χ1n) is 11.1. The Kier molecular flexibility index (Phi) is 6.93. The van der Waals surface area contributed by atoms with Gasteiger partial charge < -0.3 is 10.5 Å². The van der Waals surface area contributed by atoms with Gasteiger partial charge in [-0.2, -0.15) is 0 Å². The number of benzene rings is 2. The number of unbranched alkanes of at least 4 members (excludes halogenated alkanes) is 4. The molecular formula is C24H24ClN5O4. The molecule has 2 aromatic heterocycles. The molecule has 4 rings (SSSR count). The van der Waals surface area contributed by atoms with E-state index in [0.29, 0.717) is 22.4 Å². The molecule has 0 aliphatic carbocycles. The summed E-state index contributed by atoms with van der Waals surface area (Å²) in [6, 6.07) is 11.5. The maximum atomic E-state index is 13.1. The zero-order valence-electron chi connectivity index (χ0n) is 18.7. The van der Waals surface area contributed by atoms with E-state index in [2.05, 4.69) is 16.9 Å². The number of ether oxygens (including phenoxy) is 1. The fourth-order valence-corrected chi connectivity index (χ4v) is 4.03. The Morgan fingerprint density at radius 1 is 1.12 bits per heavy atom. The first kappa shape index (κ1) is 23.4. The molecule has 2 aromatic carbocycles. The lowest BCUT2D eigenvalue weighted by Crippen LogP contribution is -2.10. The van der Waals surface area contributed by atoms with Crippen LogP contribution in [0.15, 0.2) is 42.5 Å². The van der Waals surface area contributed by atoms with Crippen molar-refractivity contribution in [1.82, 2.24) is 14.5 Å². The number of halogens is 1. The molecule has 4 aromatic rings. The second-order valence-corrected chi connectivity index (χ2v) is 8.33. The lowest BCUT2D eigenvalue weighted by atomic mass is 10.2. The Balaban J connectivity index is 1.81. The van der Waals surface area contributed by atoms with Gasteiger partial charge in [-0.25, -0.2) is 14.8 Å². The fraction of sp³-hybridized carbons (Fsp3) is 0.292. The summed E-state index contributed by atoms with van der Waals surface area (Å²) in [6.07, 6.45) is 5.08. The minimum absolute atomic E-state index is 0.0111. The lowest BCUT2D eigenvalue weighted by molar-refractivity contribution is -0.384. The zero-order valence-corrected chi connectivity index (χ0v) is 19.4. The highest BCUT2D eigenvalue weighted by molar-refractivity contribution is 6.32. The first-order chi connectivity index (χ1) is 16.4. The van der Waals surface area contributed by atoms with Gasteiger partial charge in [-0.3, -0.25) is 14.7 Å². The fourth-order valence-electron chi connectivity index (χ4n) is 3.85. The number of aromatic nitrogens is 3. The molecule has 0 bridgehead atoms. The van der Waals surface area contributed by atoms with Crippen LogP contribution in [0.5, 0.6) is 0 Å². The molecule has 0 fully saturated rings. The van der Waals surface area contributed by atoms with Crippen LogP contribution in [0.1, 0.15) is 49.4 Å². The van der Waals surface area contributed by atoms with Crippen LogP contribution in [0.2, 0.25) is 5.02 Å². The summed E-state index contributed by atoms with van der Waals surface area (Å²) >= 11 is 5.99. The SMILES string of the molecule is CCCCCCCOC(=O)c1c(N)n(-c2ccc(Cl)c([N+](=O)[O-])c2)c2nc3ccccc3nc12. The van der Waals surface area contributed by atoms with Gasteiger partial charge in [-0.05, 0) is 30.7 Å². The number of hydrogen-bond acceptors (Lipinski definition) is 7. The Hall–Kier alpha value is -3.72. The van der Waals surface area contributed by atoms with Crippen molar-refractivity contribution in [2.24, 2.45) is 0 Å². The molecule has 176 valence electrons. The van der Waals surface area contributed by atoms with Gasteiger partial charge in [0.2, 0.25) is 0 Å². The Bertz CT molecular complexity index is 1390. The molecule has 0 aliphatic heterocycles. The van der Waals surface area contributed by atoms with Gasteiger partial charge in [0, 0.05) is 6.07 Å². The van der Waals surface area contributed by atoms with Crippen molar-refractivity contribution >= 4 is 51.3 Å². The van der Waals surface area contributed by atoms with Crippen LogP contribution in [-0.4, -0.2) is 32.0 Å². The van der Waals surface area contributed by atoms with Crippen LogP contribution in [0.25, 0.3) is 27.9 Å². The van der Waals surface area contributed by atoms with Crippen molar-refractivity contribution < 1.29 is 14.5 Å². The maximum Gasteiger partial charge on any atom is 0.344 e. The van der Waals surface area contributed by atoms with Crippen LogP contribution in [0.4, 0.5) is 11.5 Å². The zero-order chi connectivity index (χ0) is 24.2. The van der Waals surface area contributed by atoms with Gasteiger partial charge in [0.25, 0.3) is 5.69 Å². The van der Waals surface area contributed by atoms with Gasteiger partial charge in [0.1, 0.15) is 21.9 Å². The van der Waals surface area contributed by atoms with Crippen molar-refractivity contribution in [2.75, 3.05) is 12.3 Å². The summed E-state index contributed by atoms with van der Waals surface area (Å²) in [7, 11) is 0. The third-order valence-corrected chi connectivity index (χ3v) is 5.89. The average Bonchev–Trinajstić information content (AvgIpc) is 3.10. The lowest BCUT2D eigenvalue weighted by Gasteiger charge is -2.09. The van der Waals surface area contributed by atoms with Crippen LogP contribution >= 0.6 is 11.6 Å². The largest absolute Gasteiger partial charge is 0.462 e. The molecule has 2 heterocycles. The van der Waals surface area contributed by atoms with Crippen molar-refractivity contribution in [3.8, 4) is 5.69 Å². The van der Waals surface area contributed by atoms with Crippen molar-refractivity contribution in [3.05, 3.63) is 63.2 Å². The average molecular weight is 482 g/mol. The molecule has 0 spiro atoms. The molecule has 0 amide bonds. The van der Waals surface area contributed by atoms with E-state index in [4.69, 9.17) is 22.1 Å². The number of nitrogens with zero attached hydrogens (tertiary/aromatic N) is 4. The number of fused-ring (bicyclic) bond motifs is 2. The molecule has 0 radical (unpaired) electrons. The molecule has 2 N–H and O–H groups in total. The van der Waals surface area contributed by atoms with Crippen LogP contribution in [0.3, 0.4) is 0 Å². The van der Waals surface area contributed by atoms with Gasteiger partial charge in [0.05, 0.1) is 28.3 Å².